The highest BCUT2D eigenvalue weighted by Gasteiger charge is 2.23. The Bertz CT molecular complexity index is 690. The van der Waals surface area contributed by atoms with E-state index in [4.69, 9.17) is 9.47 Å². The van der Waals surface area contributed by atoms with E-state index in [1.54, 1.807) is 12.1 Å². The van der Waals surface area contributed by atoms with Crippen molar-refractivity contribution in [1.29, 1.82) is 0 Å². The van der Waals surface area contributed by atoms with E-state index in [1.807, 2.05) is 30.3 Å². The van der Waals surface area contributed by atoms with Crippen LogP contribution in [-0.2, 0) is 20.9 Å². The van der Waals surface area contributed by atoms with Gasteiger partial charge in [0.25, 0.3) is 5.69 Å². The first-order valence-corrected chi connectivity index (χ1v) is 7.31. The summed E-state index contributed by atoms with van der Waals surface area (Å²) in [6.07, 6.45) is 0. The summed E-state index contributed by atoms with van der Waals surface area (Å²) in [7, 11) is 1.26. The normalized spacial score (nSPS) is 11.5. The number of para-hydroxylation sites is 2. The Morgan fingerprint density at radius 3 is 2.50 bits per heavy atom. The number of hydrogen-bond donors (Lipinski definition) is 1. The quantitative estimate of drug-likeness (QED) is 0.455. The fourth-order valence-electron chi connectivity index (χ4n) is 2.12. The second-order valence-electron chi connectivity index (χ2n) is 5.00. The number of ether oxygens (including phenoxy) is 2. The average molecular weight is 330 g/mol. The van der Waals surface area contributed by atoms with Gasteiger partial charge in [0, 0.05) is 6.07 Å². The van der Waals surface area contributed by atoms with E-state index in [0.717, 1.165) is 5.56 Å². The van der Waals surface area contributed by atoms with Gasteiger partial charge in [0.2, 0.25) is 0 Å². The SMILES string of the molecule is COC(=O)[C@@H](COCc1ccccc1)Nc1ccccc1[N+](=O)[O-]. The monoisotopic (exact) mass is 330 g/mol. The van der Waals surface area contributed by atoms with E-state index in [0.29, 0.717) is 6.61 Å². The fraction of sp³-hybridized carbons (Fsp3) is 0.235. The minimum absolute atomic E-state index is 0.0214. The van der Waals surface area contributed by atoms with Gasteiger partial charge in [-0.3, -0.25) is 10.1 Å². The van der Waals surface area contributed by atoms with Gasteiger partial charge in [0.1, 0.15) is 11.7 Å². The number of carbonyl (C=O) groups excluding carboxylic acids is 1. The highest BCUT2D eigenvalue weighted by molar-refractivity contribution is 5.80. The van der Waals surface area contributed by atoms with E-state index >= 15 is 0 Å². The smallest absolute Gasteiger partial charge is 0.330 e. The Kier molecular flexibility index (Phi) is 6.27. The van der Waals surface area contributed by atoms with Gasteiger partial charge >= 0.3 is 5.97 Å². The molecule has 126 valence electrons. The fourth-order valence-corrected chi connectivity index (χ4v) is 2.12. The average Bonchev–Trinajstić information content (AvgIpc) is 2.61. The number of anilines is 1. The molecule has 0 saturated heterocycles. The molecule has 0 heterocycles. The van der Waals surface area contributed by atoms with Gasteiger partial charge < -0.3 is 14.8 Å². The van der Waals surface area contributed by atoms with Crippen molar-refractivity contribution in [2.24, 2.45) is 0 Å². The molecule has 1 atom stereocenters. The second kappa shape index (κ2) is 8.64. The molecule has 2 aromatic rings. The summed E-state index contributed by atoms with van der Waals surface area (Å²) in [5.74, 6) is -0.554. The lowest BCUT2D eigenvalue weighted by Gasteiger charge is -2.17. The lowest BCUT2D eigenvalue weighted by Crippen LogP contribution is -2.35. The number of carbonyl (C=O) groups is 1. The van der Waals surface area contributed by atoms with Gasteiger partial charge in [0.05, 0.1) is 25.2 Å². The van der Waals surface area contributed by atoms with Crippen molar-refractivity contribution in [1.82, 2.24) is 0 Å². The third-order valence-corrected chi connectivity index (χ3v) is 3.31. The van der Waals surface area contributed by atoms with Crippen molar-refractivity contribution in [3.05, 3.63) is 70.3 Å². The molecule has 1 N–H and O–H groups in total. The number of nitro benzene ring substituents is 1. The Labute approximate surface area is 139 Å². The largest absolute Gasteiger partial charge is 0.467 e. The number of rotatable bonds is 8. The highest BCUT2D eigenvalue weighted by atomic mass is 16.6. The molecule has 2 rings (SSSR count). The van der Waals surface area contributed by atoms with E-state index < -0.39 is 16.9 Å². The van der Waals surface area contributed by atoms with Crippen LogP contribution in [0.3, 0.4) is 0 Å². The van der Waals surface area contributed by atoms with Gasteiger partial charge in [-0.05, 0) is 11.6 Å². The first-order valence-electron chi connectivity index (χ1n) is 7.31. The lowest BCUT2D eigenvalue weighted by atomic mass is 10.2. The summed E-state index contributed by atoms with van der Waals surface area (Å²) in [6.45, 7) is 0.348. The van der Waals surface area contributed by atoms with Crippen LogP contribution in [0.5, 0.6) is 0 Å². The molecule has 7 nitrogen and oxygen atoms in total. The zero-order valence-corrected chi connectivity index (χ0v) is 13.2. The molecule has 24 heavy (non-hydrogen) atoms. The summed E-state index contributed by atoms with van der Waals surface area (Å²) in [5.41, 5.74) is 1.09. The molecular formula is C17H18N2O5. The second-order valence-corrected chi connectivity index (χ2v) is 5.00. The van der Waals surface area contributed by atoms with E-state index in [1.165, 1.54) is 19.2 Å². The van der Waals surface area contributed by atoms with Gasteiger partial charge in [0.15, 0.2) is 0 Å². The number of nitro groups is 1. The van der Waals surface area contributed by atoms with Crippen LogP contribution in [-0.4, -0.2) is 30.7 Å². The van der Waals surface area contributed by atoms with Crippen LogP contribution in [0, 0.1) is 10.1 Å². The van der Waals surface area contributed by atoms with Gasteiger partial charge in [-0.2, -0.15) is 0 Å². The molecule has 0 unspecified atom stereocenters. The number of hydrogen-bond acceptors (Lipinski definition) is 6. The number of benzene rings is 2. The molecule has 0 radical (unpaired) electrons. The minimum atomic E-state index is -0.847. The van der Waals surface area contributed by atoms with Crippen LogP contribution < -0.4 is 5.32 Å². The molecule has 0 spiro atoms. The van der Waals surface area contributed by atoms with Crippen molar-refractivity contribution in [2.45, 2.75) is 12.6 Å². The van der Waals surface area contributed by atoms with E-state index in [2.05, 4.69) is 5.32 Å². The Morgan fingerprint density at radius 2 is 1.83 bits per heavy atom. The van der Waals surface area contributed by atoms with Crippen LogP contribution in [0.25, 0.3) is 0 Å². The molecule has 0 fully saturated rings. The Hall–Kier alpha value is -2.93. The lowest BCUT2D eigenvalue weighted by molar-refractivity contribution is -0.384. The van der Waals surface area contributed by atoms with Crippen molar-refractivity contribution < 1.29 is 19.2 Å². The van der Waals surface area contributed by atoms with Crippen LogP contribution in [0.15, 0.2) is 54.6 Å². The van der Waals surface area contributed by atoms with Crippen LogP contribution >= 0.6 is 0 Å². The topological polar surface area (TPSA) is 90.7 Å². The molecule has 0 amide bonds. The third kappa shape index (κ3) is 4.79. The van der Waals surface area contributed by atoms with Crippen molar-refractivity contribution in [3.63, 3.8) is 0 Å². The molecular weight excluding hydrogens is 312 g/mol. The van der Waals surface area contributed by atoms with E-state index in [9.17, 15) is 14.9 Å². The predicted molar refractivity (Wildman–Crippen MR) is 88.6 cm³/mol. The summed E-state index contributed by atoms with van der Waals surface area (Å²) < 4.78 is 10.3. The Morgan fingerprint density at radius 1 is 1.17 bits per heavy atom. The number of nitrogens with one attached hydrogen (secondary N) is 1. The third-order valence-electron chi connectivity index (χ3n) is 3.31. The van der Waals surface area contributed by atoms with Gasteiger partial charge in [-0.25, -0.2) is 4.79 Å². The molecule has 0 aliphatic carbocycles. The number of methoxy groups -OCH3 is 1. The summed E-state index contributed by atoms with van der Waals surface area (Å²) in [4.78, 5) is 22.5. The van der Waals surface area contributed by atoms with Crippen LogP contribution in [0.1, 0.15) is 5.56 Å². The van der Waals surface area contributed by atoms with E-state index in [-0.39, 0.29) is 18.0 Å². The van der Waals surface area contributed by atoms with Crippen molar-refractivity contribution in [2.75, 3.05) is 19.0 Å². The molecule has 0 aliphatic rings. The minimum Gasteiger partial charge on any atom is -0.467 e. The molecule has 2 aromatic carbocycles. The maximum absolute atomic E-state index is 11.9. The zero-order chi connectivity index (χ0) is 17.4. The Balaban J connectivity index is 2.03. The molecule has 0 aromatic heterocycles. The molecule has 7 heteroatoms. The summed E-state index contributed by atoms with van der Waals surface area (Å²) in [5, 5.41) is 13.9. The maximum atomic E-state index is 11.9. The summed E-state index contributed by atoms with van der Waals surface area (Å²) in [6, 6.07) is 14.7. The number of nitrogens with zero attached hydrogens (tertiary/aromatic N) is 1. The maximum Gasteiger partial charge on any atom is 0.330 e. The zero-order valence-electron chi connectivity index (χ0n) is 13.2. The number of esters is 1. The highest BCUT2D eigenvalue weighted by Crippen LogP contribution is 2.24. The first-order chi connectivity index (χ1) is 11.6. The van der Waals surface area contributed by atoms with Crippen LogP contribution in [0.4, 0.5) is 11.4 Å². The van der Waals surface area contributed by atoms with Crippen LogP contribution in [0.2, 0.25) is 0 Å². The van der Waals surface area contributed by atoms with Crippen molar-refractivity contribution >= 4 is 17.3 Å². The van der Waals surface area contributed by atoms with Gasteiger partial charge in [-0.1, -0.05) is 42.5 Å². The molecule has 0 bridgehead atoms. The van der Waals surface area contributed by atoms with Gasteiger partial charge in [-0.15, -0.1) is 0 Å². The molecule has 0 aliphatic heterocycles. The first kappa shape index (κ1) is 17.4. The van der Waals surface area contributed by atoms with Crippen molar-refractivity contribution in [3.8, 4) is 0 Å². The summed E-state index contributed by atoms with van der Waals surface area (Å²) >= 11 is 0. The predicted octanol–water partition coefficient (Wildman–Crippen LogP) is 2.77. The standard InChI is InChI=1S/C17H18N2O5/c1-23-17(20)15(12-24-11-13-7-3-2-4-8-13)18-14-9-5-6-10-16(14)19(21)22/h2-10,15,18H,11-12H2,1H3/t15-/m1/s1. The molecule has 0 saturated carbocycles.